The fraction of sp³-hybridized carbons (Fsp3) is 0.727. The molecule has 0 aliphatic heterocycles. The summed E-state index contributed by atoms with van der Waals surface area (Å²) in [7, 11) is 2.19. The molecule has 0 spiro atoms. The van der Waals surface area contributed by atoms with Gasteiger partial charge >= 0.3 is 0 Å². The van der Waals surface area contributed by atoms with Gasteiger partial charge in [-0.25, -0.2) is 0 Å². The minimum atomic E-state index is 0.200. The molecule has 0 aromatic rings. The molecule has 0 aliphatic rings. The van der Waals surface area contributed by atoms with Crippen molar-refractivity contribution in [3.8, 4) is 0 Å². The molecule has 0 fully saturated rings. The summed E-state index contributed by atoms with van der Waals surface area (Å²) in [5.74, 6) is 0.200. The van der Waals surface area contributed by atoms with E-state index in [9.17, 15) is 4.79 Å². The molecular weight excluding hydrogens is 162 g/mol. The second kappa shape index (κ2) is 5.18. The molecule has 0 saturated carbocycles. The standard InChI is InChI=1S/C11H22NO/c1-6-12(5,7-2)9-8-11(13)10(3)4/h3,6-9H2,1-2,4-5H3/q+1. The lowest BCUT2D eigenvalue weighted by Gasteiger charge is -2.31. The van der Waals surface area contributed by atoms with Gasteiger partial charge in [0.15, 0.2) is 5.78 Å². The van der Waals surface area contributed by atoms with Crippen molar-refractivity contribution < 1.29 is 9.28 Å². The van der Waals surface area contributed by atoms with Crippen molar-refractivity contribution in [3.63, 3.8) is 0 Å². The number of quaternary nitrogens is 1. The third-order valence-corrected chi connectivity index (χ3v) is 2.88. The topological polar surface area (TPSA) is 17.1 Å². The Balaban J connectivity index is 4.00. The fourth-order valence-corrected chi connectivity index (χ4v) is 1.12. The lowest BCUT2D eigenvalue weighted by molar-refractivity contribution is -0.905. The number of nitrogens with zero attached hydrogens (tertiary/aromatic N) is 1. The Labute approximate surface area is 81.8 Å². The van der Waals surface area contributed by atoms with Gasteiger partial charge in [0.2, 0.25) is 0 Å². The average molecular weight is 184 g/mol. The maximum atomic E-state index is 11.3. The van der Waals surface area contributed by atoms with Crippen LogP contribution < -0.4 is 0 Å². The van der Waals surface area contributed by atoms with Crippen LogP contribution in [-0.2, 0) is 4.79 Å². The summed E-state index contributed by atoms with van der Waals surface area (Å²) < 4.78 is 0.971. The van der Waals surface area contributed by atoms with Crippen molar-refractivity contribution >= 4 is 5.78 Å². The first-order valence-electron chi connectivity index (χ1n) is 4.97. The third kappa shape index (κ3) is 4.23. The number of hydrogen-bond donors (Lipinski definition) is 0. The van der Waals surface area contributed by atoms with Crippen molar-refractivity contribution in [2.75, 3.05) is 26.7 Å². The Morgan fingerprint density at radius 1 is 1.31 bits per heavy atom. The summed E-state index contributed by atoms with van der Waals surface area (Å²) in [6.07, 6.45) is 0.632. The van der Waals surface area contributed by atoms with Crippen LogP contribution in [0.15, 0.2) is 12.2 Å². The second-order valence-electron chi connectivity index (χ2n) is 3.93. The number of hydrogen-bond acceptors (Lipinski definition) is 1. The van der Waals surface area contributed by atoms with Gasteiger partial charge in [-0.2, -0.15) is 0 Å². The Bertz CT molecular complexity index is 192. The number of carbonyl (C=O) groups is 1. The zero-order valence-corrected chi connectivity index (χ0v) is 9.39. The molecule has 0 bridgehead atoms. The predicted molar refractivity (Wildman–Crippen MR) is 56.6 cm³/mol. The summed E-state index contributed by atoms with van der Waals surface area (Å²) in [5.41, 5.74) is 0.679. The highest BCUT2D eigenvalue weighted by molar-refractivity contribution is 5.94. The highest BCUT2D eigenvalue weighted by atomic mass is 16.1. The fourth-order valence-electron chi connectivity index (χ4n) is 1.12. The van der Waals surface area contributed by atoms with Crippen LogP contribution in [0.25, 0.3) is 0 Å². The molecule has 0 rings (SSSR count). The number of Topliss-reactive ketones (excluding diaryl/α,β-unsaturated/α-hetero) is 1. The largest absolute Gasteiger partial charge is 0.326 e. The summed E-state index contributed by atoms with van der Waals surface area (Å²) in [4.78, 5) is 11.3. The molecule has 0 unspecified atom stereocenters. The number of ketones is 1. The Morgan fingerprint density at radius 2 is 1.77 bits per heavy atom. The molecule has 0 aromatic heterocycles. The van der Waals surface area contributed by atoms with Crippen molar-refractivity contribution in [2.24, 2.45) is 0 Å². The van der Waals surface area contributed by atoms with Crippen molar-refractivity contribution in [1.29, 1.82) is 0 Å². The van der Waals surface area contributed by atoms with Crippen LogP contribution in [0.5, 0.6) is 0 Å². The summed E-state index contributed by atoms with van der Waals surface area (Å²) in [6, 6.07) is 0. The molecule has 0 radical (unpaired) electrons. The van der Waals surface area contributed by atoms with E-state index in [4.69, 9.17) is 0 Å². The van der Waals surface area contributed by atoms with E-state index in [1.54, 1.807) is 6.92 Å². The Kier molecular flexibility index (Phi) is 4.92. The number of carbonyl (C=O) groups excluding carboxylic acids is 1. The van der Waals surface area contributed by atoms with Crippen LogP contribution in [-0.4, -0.2) is 36.9 Å². The van der Waals surface area contributed by atoms with E-state index in [0.29, 0.717) is 12.0 Å². The summed E-state index contributed by atoms with van der Waals surface area (Å²) in [5, 5.41) is 0. The molecule has 0 heterocycles. The maximum Gasteiger partial charge on any atom is 0.163 e. The van der Waals surface area contributed by atoms with Crippen LogP contribution in [0.3, 0.4) is 0 Å². The van der Waals surface area contributed by atoms with Crippen LogP contribution in [0.4, 0.5) is 0 Å². The SMILES string of the molecule is C=C(C)C(=O)CC[N+](C)(CC)CC. The molecule has 0 amide bonds. The minimum absolute atomic E-state index is 0.200. The first-order valence-corrected chi connectivity index (χ1v) is 4.97. The van der Waals surface area contributed by atoms with Crippen LogP contribution in [0.1, 0.15) is 27.2 Å². The van der Waals surface area contributed by atoms with E-state index < -0.39 is 0 Å². The van der Waals surface area contributed by atoms with Crippen molar-refractivity contribution in [1.82, 2.24) is 0 Å². The zero-order valence-electron chi connectivity index (χ0n) is 9.39. The Morgan fingerprint density at radius 3 is 2.08 bits per heavy atom. The lowest BCUT2D eigenvalue weighted by Crippen LogP contribution is -2.44. The maximum absolute atomic E-state index is 11.3. The highest BCUT2D eigenvalue weighted by Gasteiger charge is 2.17. The molecule has 2 heteroatoms. The van der Waals surface area contributed by atoms with Crippen LogP contribution in [0.2, 0.25) is 0 Å². The van der Waals surface area contributed by atoms with Gasteiger partial charge in [-0.15, -0.1) is 0 Å². The van der Waals surface area contributed by atoms with Crippen LogP contribution in [0, 0.1) is 0 Å². The van der Waals surface area contributed by atoms with Gasteiger partial charge < -0.3 is 4.48 Å². The summed E-state index contributed by atoms with van der Waals surface area (Å²) in [6.45, 7) is 12.9. The molecule has 0 aliphatic carbocycles. The van der Waals surface area contributed by atoms with Gasteiger partial charge in [0.05, 0.1) is 33.1 Å². The quantitative estimate of drug-likeness (QED) is 0.456. The first kappa shape index (κ1) is 12.4. The van der Waals surface area contributed by atoms with Gasteiger partial charge in [0, 0.05) is 0 Å². The van der Waals surface area contributed by atoms with Gasteiger partial charge in [-0.05, 0) is 26.3 Å². The summed E-state index contributed by atoms with van der Waals surface area (Å²) >= 11 is 0. The van der Waals surface area contributed by atoms with E-state index >= 15 is 0 Å². The molecule has 0 saturated heterocycles. The smallest absolute Gasteiger partial charge is 0.163 e. The third-order valence-electron chi connectivity index (χ3n) is 2.88. The molecular formula is C11H22NO+. The van der Waals surface area contributed by atoms with E-state index in [1.165, 1.54) is 0 Å². The zero-order chi connectivity index (χ0) is 10.5. The molecule has 13 heavy (non-hydrogen) atoms. The van der Waals surface area contributed by atoms with Crippen molar-refractivity contribution in [3.05, 3.63) is 12.2 Å². The molecule has 0 aromatic carbocycles. The van der Waals surface area contributed by atoms with Crippen molar-refractivity contribution in [2.45, 2.75) is 27.2 Å². The lowest BCUT2D eigenvalue weighted by atomic mass is 10.1. The highest BCUT2D eigenvalue weighted by Crippen LogP contribution is 2.05. The monoisotopic (exact) mass is 184 g/mol. The van der Waals surface area contributed by atoms with Crippen LogP contribution >= 0.6 is 0 Å². The minimum Gasteiger partial charge on any atom is -0.326 e. The van der Waals surface area contributed by atoms with Gasteiger partial charge in [0.25, 0.3) is 0 Å². The normalized spacial score (nSPS) is 11.4. The second-order valence-corrected chi connectivity index (χ2v) is 3.93. The van der Waals surface area contributed by atoms with Gasteiger partial charge in [-0.3, -0.25) is 4.79 Å². The molecule has 76 valence electrons. The molecule has 2 nitrogen and oxygen atoms in total. The number of rotatable bonds is 6. The van der Waals surface area contributed by atoms with E-state index in [-0.39, 0.29) is 5.78 Å². The van der Waals surface area contributed by atoms with Gasteiger partial charge in [-0.1, -0.05) is 6.58 Å². The number of allylic oxidation sites excluding steroid dienone is 1. The Hall–Kier alpha value is -0.630. The molecule has 0 atom stereocenters. The van der Waals surface area contributed by atoms with E-state index in [0.717, 1.165) is 24.1 Å². The predicted octanol–water partition coefficient (Wildman–Crippen LogP) is 2.01. The average Bonchev–Trinajstić information content (AvgIpc) is 2.13. The molecule has 0 N–H and O–H groups in total. The van der Waals surface area contributed by atoms with E-state index in [1.807, 2.05) is 0 Å². The first-order chi connectivity index (χ1) is 5.95. The van der Waals surface area contributed by atoms with Gasteiger partial charge in [0.1, 0.15) is 0 Å². The van der Waals surface area contributed by atoms with E-state index in [2.05, 4.69) is 27.5 Å².